The SMILES string of the molecule is CC/C=C\C/C=C\C/C=C\C/C=C\C/C=C\C/C=C\C/C=C\CCCCCCCCCCCCCCCCCC(=O)NC(COP(=O)([O-])OCC[N+](C)(C)C)C(O)/C=C/CC/C=C/CCCCCCCCCCCCCCCC. The first-order valence-electron chi connectivity index (χ1n) is 32.7. The van der Waals surface area contributed by atoms with Crippen LogP contribution in [-0.2, 0) is 18.4 Å². The molecule has 0 spiro atoms. The maximum atomic E-state index is 13.0. The number of hydrogen-bond acceptors (Lipinski definition) is 6. The molecular weight excluding hydrogens is 996 g/mol. The van der Waals surface area contributed by atoms with E-state index in [9.17, 15) is 19.4 Å². The Hall–Kier alpha value is -2.84. The fraction of sp³-hybridized carbons (Fsp3) is 0.729. The predicted molar refractivity (Wildman–Crippen MR) is 343 cm³/mol. The van der Waals surface area contributed by atoms with Crippen molar-refractivity contribution < 1.29 is 32.9 Å². The van der Waals surface area contributed by atoms with Crippen LogP contribution < -0.4 is 10.2 Å². The molecule has 3 unspecified atom stereocenters. The van der Waals surface area contributed by atoms with Gasteiger partial charge in [-0.1, -0.05) is 290 Å². The molecule has 1 amide bonds. The molecule has 8 nitrogen and oxygen atoms in total. The van der Waals surface area contributed by atoms with E-state index in [-0.39, 0.29) is 12.5 Å². The molecule has 79 heavy (non-hydrogen) atoms. The van der Waals surface area contributed by atoms with Crippen molar-refractivity contribution in [2.45, 2.75) is 289 Å². The van der Waals surface area contributed by atoms with Gasteiger partial charge in [0.05, 0.1) is 39.9 Å². The van der Waals surface area contributed by atoms with E-state index in [1.165, 1.54) is 173 Å². The topological polar surface area (TPSA) is 108 Å². The molecule has 0 aliphatic rings. The highest BCUT2D eigenvalue weighted by Gasteiger charge is 2.23. The Morgan fingerprint density at radius 1 is 0.456 bits per heavy atom. The number of rotatable bonds is 59. The van der Waals surface area contributed by atoms with E-state index in [4.69, 9.17) is 9.05 Å². The van der Waals surface area contributed by atoms with E-state index in [2.05, 4.69) is 116 Å². The Bertz CT molecular complexity index is 1650. The molecule has 2 N–H and O–H groups in total. The van der Waals surface area contributed by atoms with Crippen molar-refractivity contribution in [3.8, 4) is 0 Å². The number of allylic oxidation sites excluding steroid dienone is 17. The average Bonchev–Trinajstić information content (AvgIpc) is 3.42. The number of phosphoric acid groups is 1. The van der Waals surface area contributed by atoms with E-state index in [1.807, 2.05) is 27.2 Å². The van der Waals surface area contributed by atoms with Crippen LogP contribution in [0.1, 0.15) is 277 Å². The van der Waals surface area contributed by atoms with E-state index in [0.717, 1.165) is 83.5 Å². The molecule has 0 aliphatic carbocycles. The lowest BCUT2D eigenvalue weighted by Crippen LogP contribution is -2.45. The van der Waals surface area contributed by atoms with Crippen molar-refractivity contribution in [3.63, 3.8) is 0 Å². The van der Waals surface area contributed by atoms with Crippen LogP contribution in [0.2, 0.25) is 0 Å². The zero-order chi connectivity index (χ0) is 57.7. The van der Waals surface area contributed by atoms with Crippen LogP contribution in [0.4, 0.5) is 0 Å². The highest BCUT2D eigenvalue weighted by molar-refractivity contribution is 7.45. The molecule has 0 aliphatic heterocycles. The van der Waals surface area contributed by atoms with Crippen molar-refractivity contribution in [1.82, 2.24) is 5.32 Å². The number of carbonyl (C=O) groups is 1. The second-order valence-corrected chi connectivity index (χ2v) is 24.5. The van der Waals surface area contributed by atoms with Gasteiger partial charge >= 0.3 is 0 Å². The quantitative estimate of drug-likeness (QED) is 0.0272. The van der Waals surface area contributed by atoms with E-state index in [1.54, 1.807) is 6.08 Å². The van der Waals surface area contributed by atoms with E-state index < -0.39 is 26.6 Å². The van der Waals surface area contributed by atoms with Gasteiger partial charge in [0.2, 0.25) is 5.91 Å². The summed E-state index contributed by atoms with van der Waals surface area (Å²) in [6, 6.07) is -0.910. The lowest BCUT2D eigenvalue weighted by atomic mass is 10.0. The number of aliphatic hydroxyl groups is 1. The van der Waals surface area contributed by atoms with Gasteiger partial charge in [-0.05, 0) is 89.9 Å². The van der Waals surface area contributed by atoms with Gasteiger partial charge < -0.3 is 28.8 Å². The lowest BCUT2D eigenvalue weighted by molar-refractivity contribution is -0.870. The fourth-order valence-electron chi connectivity index (χ4n) is 9.15. The monoisotopic (exact) mass is 1120 g/mol. The Kier molecular flexibility index (Phi) is 57.6. The van der Waals surface area contributed by atoms with Crippen LogP contribution >= 0.6 is 7.82 Å². The summed E-state index contributed by atoms with van der Waals surface area (Å²) in [6.45, 7) is 4.53. The van der Waals surface area contributed by atoms with Gasteiger partial charge in [-0.15, -0.1) is 0 Å². The molecule has 0 rings (SSSR count). The number of carbonyl (C=O) groups excluding carboxylic acids is 1. The molecule has 0 aromatic carbocycles. The summed E-state index contributed by atoms with van der Waals surface area (Å²) in [5.74, 6) is -0.209. The van der Waals surface area contributed by atoms with Gasteiger partial charge in [-0.25, -0.2) is 0 Å². The highest BCUT2D eigenvalue weighted by Crippen LogP contribution is 2.38. The first-order valence-corrected chi connectivity index (χ1v) is 34.2. The molecule has 0 heterocycles. The standard InChI is InChI=1S/C70H125N2O6P/c1-6-8-10-12-14-16-18-20-22-24-26-28-29-30-31-32-33-34-35-36-37-38-39-40-41-42-43-44-46-48-50-52-54-56-58-60-62-64-70(74)71-68(67-78-79(75,76)77-66-65-72(3,4)5)69(73)63-61-59-57-55-53-51-49-47-45-27-25-23-21-19-17-15-13-11-9-7-2/h8,10,14,16,20,22,26,28,30-31,33-34,36-37,53,55,61,63,68-69,73H,6-7,9,11-13,15,17-19,21,23-25,27,29,32,35,38-52,54,56-60,62,64-67H2,1-5H3,(H-,71,74,75,76)/b10-8-,16-14-,22-20-,28-26-,31-30-,34-33-,37-36-,55-53+,63-61+. The molecule has 3 atom stereocenters. The van der Waals surface area contributed by atoms with Gasteiger partial charge in [0.15, 0.2) is 0 Å². The van der Waals surface area contributed by atoms with Crippen LogP contribution in [0.5, 0.6) is 0 Å². The number of phosphoric ester groups is 1. The van der Waals surface area contributed by atoms with Crippen molar-refractivity contribution >= 4 is 13.7 Å². The van der Waals surface area contributed by atoms with Crippen molar-refractivity contribution in [3.05, 3.63) is 109 Å². The van der Waals surface area contributed by atoms with Gasteiger partial charge in [-0.2, -0.15) is 0 Å². The molecule has 0 aromatic rings. The summed E-state index contributed by atoms with van der Waals surface area (Å²) in [7, 11) is 1.24. The van der Waals surface area contributed by atoms with Gasteiger partial charge in [0.25, 0.3) is 7.82 Å². The Balaban J connectivity index is 4.10. The summed E-state index contributed by atoms with van der Waals surface area (Å²) in [4.78, 5) is 25.6. The maximum Gasteiger partial charge on any atom is 0.268 e. The lowest BCUT2D eigenvalue weighted by Gasteiger charge is -2.29. The summed E-state index contributed by atoms with van der Waals surface area (Å²) in [5, 5.41) is 13.9. The predicted octanol–water partition coefficient (Wildman–Crippen LogP) is 20.1. The number of unbranched alkanes of at least 4 members (excludes halogenated alkanes) is 30. The summed E-state index contributed by atoms with van der Waals surface area (Å²) in [5.41, 5.74) is 0. The zero-order valence-corrected chi connectivity index (χ0v) is 52.9. The van der Waals surface area contributed by atoms with Crippen LogP contribution in [0, 0.1) is 0 Å². The molecule has 0 bridgehead atoms. The first kappa shape index (κ1) is 76.2. The van der Waals surface area contributed by atoms with Crippen LogP contribution in [0.25, 0.3) is 0 Å². The van der Waals surface area contributed by atoms with Gasteiger partial charge in [-0.3, -0.25) is 9.36 Å². The number of quaternary nitrogens is 1. The third-order valence-corrected chi connectivity index (χ3v) is 15.2. The number of likely N-dealkylation sites (N-methyl/N-ethyl adjacent to an activating group) is 1. The minimum atomic E-state index is -4.61. The Morgan fingerprint density at radius 2 is 0.785 bits per heavy atom. The Labute approximate surface area is 489 Å². The van der Waals surface area contributed by atoms with Crippen LogP contribution in [0.3, 0.4) is 0 Å². The number of nitrogens with zero attached hydrogens (tertiary/aromatic N) is 1. The number of amides is 1. The molecule has 0 radical (unpaired) electrons. The van der Waals surface area contributed by atoms with Crippen molar-refractivity contribution in [2.24, 2.45) is 0 Å². The molecule has 0 aromatic heterocycles. The second-order valence-electron chi connectivity index (χ2n) is 23.1. The van der Waals surface area contributed by atoms with Gasteiger partial charge in [0.1, 0.15) is 13.2 Å². The zero-order valence-electron chi connectivity index (χ0n) is 52.0. The van der Waals surface area contributed by atoms with Crippen LogP contribution in [0.15, 0.2) is 109 Å². The van der Waals surface area contributed by atoms with Crippen LogP contribution in [-0.4, -0.2) is 68.5 Å². The Morgan fingerprint density at radius 3 is 1.18 bits per heavy atom. The molecule has 0 saturated carbocycles. The van der Waals surface area contributed by atoms with E-state index in [0.29, 0.717) is 17.4 Å². The molecule has 9 heteroatoms. The smallest absolute Gasteiger partial charge is 0.268 e. The molecular formula is C70H125N2O6P. The average molecular weight is 1120 g/mol. The van der Waals surface area contributed by atoms with Crippen molar-refractivity contribution in [1.29, 1.82) is 0 Å². The summed E-state index contributed by atoms with van der Waals surface area (Å²) >= 11 is 0. The molecule has 0 fully saturated rings. The highest BCUT2D eigenvalue weighted by atomic mass is 31.2. The number of nitrogens with one attached hydrogen (secondary N) is 1. The third-order valence-electron chi connectivity index (χ3n) is 14.2. The number of hydrogen-bond donors (Lipinski definition) is 2. The largest absolute Gasteiger partial charge is 0.756 e. The van der Waals surface area contributed by atoms with E-state index >= 15 is 0 Å². The minimum absolute atomic E-state index is 0.00960. The molecule has 0 saturated heterocycles. The minimum Gasteiger partial charge on any atom is -0.756 e. The first-order chi connectivity index (χ1) is 38.5. The maximum absolute atomic E-state index is 13.0. The normalized spacial score (nSPS) is 14.5. The summed E-state index contributed by atoms with van der Waals surface area (Å²) in [6.07, 6.45) is 87.6. The second kappa shape index (κ2) is 59.8. The number of aliphatic hydroxyl groups excluding tert-OH is 1. The summed E-state index contributed by atoms with van der Waals surface area (Å²) < 4.78 is 23.4. The molecule has 456 valence electrons. The fourth-order valence-corrected chi connectivity index (χ4v) is 9.87. The third kappa shape index (κ3) is 62.6. The van der Waals surface area contributed by atoms with Gasteiger partial charge in [0, 0.05) is 6.42 Å². The van der Waals surface area contributed by atoms with Crippen molar-refractivity contribution in [2.75, 3.05) is 40.9 Å².